The monoisotopic (exact) mass is 465 g/mol. The number of para-hydroxylation sites is 1. The Balaban J connectivity index is 1.84. The van der Waals surface area contributed by atoms with E-state index in [-0.39, 0.29) is 16.4 Å². The van der Waals surface area contributed by atoms with Gasteiger partial charge in [0, 0.05) is 36.8 Å². The second kappa shape index (κ2) is 8.63. The molecule has 1 fully saturated rings. The van der Waals surface area contributed by atoms with Gasteiger partial charge in [0.2, 0.25) is 10.0 Å². The zero-order chi connectivity index (χ0) is 20.3. The highest BCUT2D eigenvalue weighted by molar-refractivity contribution is 9.10. The molecular weight excluding hydrogens is 442 g/mol. The number of hydrogen-bond acceptors (Lipinski definition) is 4. The first-order valence-electron chi connectivity index (χ1n) is 9.18. The van der Waals surface area contributed by atoms with Crippen molar-refractivity contribution < 1.29 is 13.2 Å². The van der Waals surface area contributed by atoms with Crippen LogP contribution in [-0.2, 0) is 16.6 Å². The Morgan fingerprint density at radius 2 is 1.82 bits per heavy atom. The minimum atomic E-state index is -3.88. The number of primary sulfonamides is 1. The quantitative estimate of drug-likeness (QED) is 0.733. The van der Waals surface area contributed by atoms with Gasteiger partial charge in [0.25, 0.3) is 5.91 Å². The van der Waals surface area contributed by atoms with Crippen molar-refractivity contribution in [1.82, 2.24) is 4.90 Å². The van der Waals surface area contributed by atoms with Gasteiger partial charge in [-0.2, -0.15) is 0 Å². The molecule has 2 N–H and O–H groups in total. The topological polar surface area (TPSA) is 83.7 Å². The van der Waals surface area contributed by atoms with Crippen LogP contribution >= 0.6 is 15.9 Å². The molecule has 0 saturated carbocycles. The summed E-state index contributed by atoms with van der Waals surface area (Å²) >= 11 is 3.34. The third-order valence-electron chi connectivity index (χ3n) is 4.94. The van der Waals surface area contributed by atoms with Crippen molar-refractivity contribution in [2.45, 2.75) is 30.7 Å². The predicted molar refractivity (Wildman–Crippen MR) is 114 cm³/mol. The SMILES string of the molecule is CN(Cc1ccccc1N1CCCCC1)C(=O)c1cc(S(N)(=O)=O)ccc1Br. The van der Waals surface area contributed by atoms with E-state index >= 15 is 0 Å². The Kier molecular flexibility index (Phi) is 6.42. The number of sulfonamides is 1. The van der Waals surface area contributed by atoms with Crippen LogP contribution in [0, 0.1) is 0 Å². The van der Waals surface area contributed by atoms with Gasteiger partial charge in [-0.15, -0.1) is 0 Å². The van der Waals surface area contributed by atoms with Crippen LogP contribution in [0.15, 0.2) is 51.8 Å². The van der Waals surface area contributed by atoms with Gasteiger partial charge < -0.3 is 9.80 Å². The highest BCUT2D eigenvalue weighted by Gasteiger charge is 2.21. The average molecular weight is 466 g/mol. The first-order chi connectivity index (χ1) is 13.3. The van der Waals surface area contributed by atoms with Gasteiger partial charge in [0.05, 0.1) is 10.5 Å². The minimum absolute atomic E-state index is 0.0823. The largest absolute Gasteiger partial charge is 0.371 e. The molecule has 1 heterocycles. The Bertz CT molecular complexity index is 972. The summed E-state index contributed by atoms with van der Waals surface area (Å²) in [5.74, 6) is -0.272. The maximum atomic E-state index is 13.0. The number of nitrogens with two attached hydrogens (primary N) is 1. The molecule has 8 heteroatoms. The van der Waals surface area contributed by atoms with E-state index in [1.54, 1.807) is 11.9 Å². The van der Waals surface area contributed by atoms with Gasteiger partial charge in [-0.05, 0) is 65.0 Å². The molecule has 28 heavy (non-hydrogen) atoms. The predicted octanol–water partition coefficient (Wildman–Crippen LogP) is 3.36. The number of amides is 1. The lowest BCUT2D eigenvalue weighted by Gasteiger charge is -2.31. The van der Waals surface area contributed by atoms with Crippen LogP contribution in [0.2, 0.25) is 0 Å². The molecule has 1 aliphatic heterocycles. The Morgan fingerprint density at radius 3 is 2.50 bits per heavy atom. The van der Waals surface area contributed by atoms with E-state index < -0.39 is 10.0 Å². The number of carbonyl (C=O) groups excluding carboxylic acids is 1. The van der Waals surface area contributed by atoms with Crippen LogP contribution in [0.1, 0.15) is 35.2 Å². The molecule has 1 amide bonds. The normalized spacial score (nSPS) is 14.8. The van der Waals surface area contributed by atoms with Gasteiger partial charge in [-0.1, -0.05) is 18.2 Å². The molecule has 0 aromatic heterocycles. The summed E-state index contributed by atoms with van der Waals surface area (Å²) in [6.45, 7) is 2.48. The zero-order valence-electron chi connectivity index (χ0n) is 15.8. The van der Waals surface area contributed by atoms with Gasteiger partial charge in [0.15, 0.2) is 0 Å². The summed E-state index contributed by atoms with van der Waals surface area (Å²) in [6.07, 6.45) is 3.61. The number of piperidine rings is 1. The fourth-order valence-electron chi connectivity index (χ4n) is 3.47. The van der Waals surface area contributed by atoms with E-state index in [2.05, 4.69) is 26.9 Å². The third kappa shape index (κ3) is 4.74. The van der Waals surface area contributed by atoms with Crippen LogP contribution in [0.25, 0.3) is 0 Å². The number of carbonyl (C=O) groups is 1. The molecule has 0 radical (unpaired) electrons. The second-order valence-electron chi connectivity index (χ2n) is 7.02. The fourth-order valence-corrected chi connectivity index (χ4v) is 4.42. The van der Waals surface area contributed by atoms with Crippen LogP contribution in [0.3, 0.4) is 0 Å². The van der Waals surface area contributed by atoms with E-state index in [0.717, 1.165) is 24.3 Å². The fraction of sp³-hybridized carbons (Fsp3) is 0.350. The molecule has 0 unspecified atom stereocenters. The maximum absolute atomic E-state index is 13.0. The van der Waals surface area contributed by atoms with Gasteiger partial charge in [-0.3, -0.25) is 4.79 Å². The van der Waals surface area contributed by atoms with Crippen LogP contribution in [0.5, 0.6) is 0 Å². The molecule has 2 aromatic rings. The van der Waals surface area contributed by atoms with Crippen LogP contribution in [-0.4, -0.2) is 39.4 Å². The lowest BCUT2D eigenvalue weighted by atomic mass is 10.1. The number of anilines is 1. The Morgan fingerprint density at radius 1 is 1.14 bits per heavy atom. The van der Waals surface area contributed by atoms with Gasteiger partial charge >= 0.3 is 0 Å². The molecule has 3 rings (SSSR count). The lowest BCUT2D eigenvalue weighted by Crippen LogP contribution is -2.32. The molecule has 1 saturated heterocycles. The molecule has 0 atom stereocenters. The molecule has 0 bridgehead atoms. The highest BCUT2D eigenvalue weighted by atomic mass is 79.9. The summed E-state index contributed by atoms with van der Waals surface area (Å²) in [5.41, 5.74) is 2.49. The summed E-state index contributed by atoms with van der Waals surface area (Å²) in [6, 6.07) is 12.3. The van der Waals surface area contributed by atoms with E-state index in [0.29, 0.717) is 11.0 Å². The number of benzene rings is 2. The summed E-state index contributed by atoms with van der Waals surface area (Å²) in [7, 11) is -2.17. The number of nitrogens with zero attached hydrogens (tertiary/aromatic N) is 2. The molecule has 150 valence electrons. The van der Waals surface area contributed by atoms with Crippen molar-refractivity contribution in [3.8, 4) is 0 Å². The first-order valence-corrected chi connectivity index (χ1v) is 11.5. The molecule has 6 nitrogen and oxygen atoms in total. The summed E-state index contributed by atoms with van der Waals surface area (Å²) < 4.78 is 23.8. The van der Waals surface area contributed by atoms with Crippen LogP contribution < -0.4 is 10.0 Å². The average Bonchev–Trinajstić information content (AvgIpc) is 2.68. The van der Waals surface area contributed by atoms with Crippen molar-refractivity contribution >= 4 is 37.5 Å². The minimum Gasteiger partial charge on any atom is -0.371 e. The second-order valence-corrected chi connectivity index (χ2v) is 9.44. The maximum Gasteiger partial charge on any atom is 0.255 e. The zero-order valence-corrected chi connectivity index (χ0v) is 18.2. The smallest absolute Gasteiger partial charge is 0.255 e. The van der Waals surface area contributed by atoms with E-state index in [1.165, 1.54) is 37.5 Å². The van der Waals surface area contributed by atoms with Crippen LogP contribution in [0.4, 0.5) is 5.69 Å². The van der Waals surface area contributed by atoms with Gasteiger partial charge in [-0.25, -0.2) is 13.6 Å². The molecule has 0 aliphatic carbocycles. The lowest BCUT2D eigenvalue weighted by molar-refractivity contribution is 0.0784. The summed E-state index contributed by atoms with van der Waals surface area (Å²) in [5, 5.41) is 5.20. The molecule has 2 aromatic carbocycles. The number of hydrogen-bond donors (Lipinski definition) is 1. The highest BCUT2D eigenvalue weighted by Crippen LogP contribution is 2.27. The first kappa shape index (κ1) is 20.8. The number of halogens is 1. The Hall–Kier alpha value is -1.90. The van der Waals surface area contributed by atoms with E-state index in [4.69, 9.17) is 5.14 Å². The molecule has 1 aliphatic rings. The molecule has 0 spiro atoms. The van der Waals surface area contributed by atoms with E-state index in [1.807, 2.05) is 18.2 Å². The summed E-state index contributed by atoms with van der Waals surface area (Å²) in [4.78, 5) is 16.9. The van der Waals surface area contributed by atoms with Crippen molar-refractivity contribution in [1.29, 1.82) is 0 Å². The molecular formula is C20H24BrN3O3S. The standard InChI is InChI=1S/C20H24BrN3O3S/c1-23(20(25)17-13-16(28(22,26)27)9-10-18(17)21)14-15-7-3-4-8-19(15)24-11-5-2-6-12-24/h3-4,7-10,13H,2,5-6,11-12,14H2,1H3,(H2,22,26,27). The van der Waals surface area contributed by atoms with Crippen molar-refractivity contribution in [2.75, 3.05) is 25.0 Å². The number of rotatable bonds is 5. The van der Waals surface area contributed by atoms with Gasteiger partial charge in [0.1, 0.15) is 0 Å². The Labute approximate surface area is 174 Å². The van der Waals surface area contributed by atoms with Crippen molar-refractivity contribution in [3.05, 3.63) is 58.1 Å². The van der Waals surface area contributed by atoms with Crippen molar-refractivity contribution in [2.24, 2.45) is 5.14 Å². The van der Waals surface area contributed by atoms with E-state index in [9.17, 15) is 13.2 Å². The van der Waals surface area contributed by atoms with Crippen molar-refractivity contribution in [3.63, 3.8) is 0 Å². The third-order valence-corrected chi connectivity index (χ3v) is 6.54.